The second-order valence-electron chi connectivity index (χ2n) is 0.0825. The van der Waals surface area contributed by atoms with E-state index in [4.69, 9.17) is 0 Å². The molecule has 0 spiro atoms. The molecular weight excluding hydrogens is 399 g/mol. The minimum absolute atomic E-state index is 0. The van der Waals surface area contributed by atoms with E-state index >= 15 is 0 Å². The predicted octanol–water partition coefficient (Wildman–Crippen LogP) is -0.0610. The molecular formula is H4Ge2I2. The number of rotatable bonds is 0. The standard InChI is InChI=1S/GeHI2.GeH3/c2-1-3;/h1H;1H3. The van der Waals surface area contributed by atoms with Crippen LogP contribution in [0.2, 0.25) is 0 Å². The second kappa shape index (κ2) is 9.11. The molecule has 2 radical (unpaired) electrons. The fraction of sp³-hybridized carbons (Fsp3) is 0. The topological polar surface area (TPSA) is 0 Å². The molecule has 0 unspecified atom stereocenters. The van der Waals surface area contributed by atoms with Crippen LogP contribution in [0.1, 0.15) is 0 Å². The van der Waals surface area contributed by atoms with Crippen LogP contribution in [0, 0.1) is 0 Å². The van der Waals surface area contributed by atoms with Crippen molar-refractivity contribution in [3.8, 4) is 0 Å². The number of hydrogen-bond donors (Lipinski definition) is 0. The Balaban J connectivity index is 0. The molecule has 0 bridgehead atoms. The summed E-state index contributed by atoms with van der Waals surface area (Å²) >= 11 is 4.86. The summed E-state index contributed by atoms with van der Waals surface area (Å²) in [5, 5.41) is 0. The molecule has 4 heavy (non-hydrogen) atoms. The van der Waals surface area contributed by atoms with E-state index in [9.17, 15) is 0 Å². The van der Waals surface area contributed by atoms with E-state index in [2.05, 4.69) is 40.4 Å². The van der Waals surface area contributed by atoms with Gasteiger partial charge in [0, 0.05) is 0 Å². The molecule has 0 aromatic carbocycles. The van der Waals surface area contributed by atoms with Gasteiger partial charge in [0.2, 0.25) is 0 Å². The first-order chi connectivity index (χ1) is 1.41. The van der Waals surface area contributed by atoms with Gasteiger partial charge in [0.25, 0.3) is 0 Å². The van der Waals surface area contributed by atoms with Gasteiger partial charge in [0.15, 0.2) is 0 Å². The molecule has 0 aromatic rings. The summed E-state index contributed by atoms with van der Waals surface area (Å²) in [4.78, 5) is 0. The van der Waals surface area contributed by atoms with Crippen LogP contribution >= 0.6 is 40.4 Å². The van der Waals surface area contributed by atoms with E-state index in [0.717, 1.165) is 0 Å². The van der Waals surface area contributed by atoms with Gasteiger partial charge in [-0.2, -0.15) is 0 Å². The molecule has 0 aromatic heterocycles. The van der Waals surface area contributed by atoms with E-state index in [0.29, 0.717) is 0 Å². The Hall–Kier alpha value is 2.55. The van der Waals surface area contributed by atoms with Crippen molar-refractivity contribution in [1.82, 2.24) is 0 Å². The number of hydrogen-bond acceptors (Lipinski definition) is 0. The Morgan fingerprint density at radius 2 is 1.25 bits per heavy atom. The van der Waals surface area contributed by atoms with Crippen molar-refractivity contribution in [2.75, 3.05) is 0 Å². The zero-order valence-electron chi connectivity index (χ0n) is 2.33. The molecule has 0 atom stereocenters. The van der Waals surface area contributed by atoms with E-state index in [1.165, 1.54) is 0 Å². The van der Waals surface area contributed by atoms with Gasteiger partial charge >= 0.3 is 66.8 Å². The molecule has 4 heteroatoms. The van der Waals surface area contributed by atoms with Gasteiger partial charge in [0.1, 0.15) is 0 Å². The molecule has 0 rings (SSSR count). The molecule has 0 heterocycles. The molecule has 0 aliphatic rings. The molecule has 0 nitrogen and oxygen atoms in total. The second-order valence-corrected chi connectivity index (χ2v) is 19.3. The van der Waals surface area contributed by atoms with Crippen LogP contribution in [0.3, 0.4) is 0 Å². The monoisotopic (exact) mass is 406 g/mol. The minimum atomic E-state index is 0. The third-order valence-electron chi connectivity index (χ3n) is 0. The van der Waals surface area contributed by atoms with E-state index in [1.54, 1.807) is 0 Å². The van der Waals surface area contributed by atoms with Gasteiger partial charge in [-0.3, -0.25) is 0 Å². The van der Waals surface area contributed by atoms with Gasteiger partial charge in [-0.05, 0) is 0 Å². The summed E-state index contributed by atoms with van der Waals surface area (Å²) in [5.74, 6) is 0. The Labute approximate surface area is 65.5 Å². The van der Waals surface area contributed by atoms with Crippen molar-refractivity contribution in [1.29, 1.82) is 0 Å². The normalized spacial score (nSPS) is 4.50. The zero-order valence-corrected chi connectivity index (χ0v) is 13.3. The van der Waals surface area contributed by atoms with Crippen molar-refractivity contribution in [3.63, 3.8) is 0 Å². The summed E-state index contributed by atoms with van der Waals surface area (Å²) in [6.45, 7) is 0. The van der Waals surface area contributed by atoms with Crippen molar-refractivity contribution < 1.29 is 0 Å². The van der Waals surface area contributed by atoms with Crippen LogP contribution in [-0.2, 0) is 0 Å². The maximum atomic E-state index is 2.43. The predicted molar refractivity (Wildman–Crippen MR) is 45.1 cm³/mol. The van der Waals surface area contributed by atoms with Crippen LogP contribution in [0.5, 0.6) is 0 Å². The molecule has 0 saturated heterocycles. The SMILES string of the molecule is [GeH3].[I][GeH][I]. The zero-order chi connectivity index (χ0) is 2.71. The third kappa shape index (κ3) is 8.82. The fourth-order valence-corrected chi connectivity index (χ4v) is 0. The van der Waals surface area contributed by atoms with Gasteiger partial charge in [-0.15, -0.1) is 0 Å². The van der Waals surface area contributed by atoms with Crippen LogP contribution < -0.4 is 0 Å². The first kappa shape index (κ1) is 9.74. The van der Waals surface area contributed by atoms with Crippen molar-refractivity contribution >= 4 is 66.8 Å². The van der Waals surface area contributed by atoms with E-state index < -0.39 is 0 Å². The first-order valence-electron chi connectivity index (χ1n) is 0.436. The van der Waals surface area contributed by atoms with Crippen LogP contribution in [0.4, 0.5) is 0 Å². The summed E-state index contributed by atoms with van der Waals surface area (Å²) in [6.07, 6.45) is 0. The Kier molecular flexibility index (Phi) is 22.2. The summed E-state index contributed by atoms with van der Waals surface area (Å²) in [6, 6.07) is 0. The van der Waals surface area contributed by atoms with E-state index in [-0.39, 0.29) is 26.4 Å². The molecule has 0 saturated carbocycles. The fourth-order valence-electron chi connectivity index (χ4n) is 0. The van der Waals surface area contributed by atoms with Crippen LogP contribution in [0.25, 0.3) is 0 Å². The molecule has 0 N–H and O–H groups in total. The quantitative estimate of drug-likeness (QED) is 0.393. The van der Waals surface area contributed by atoms with Gasteiger partial charge in [-0.25, -0.2) is 0 Å². The number of halogens is 2. The average Bonchev–Trinajstić information content (AvgIpc) is 0.918. The van der Waals surface area contributed by atoms with Crippen LogP contribution in [0.15, 0.2) is 0 Å². The Morgan fingerprint density at radius 3 is 1.25 bits per heavy atom. The van der Waals surface area contributed by atoms with Crippen molar-refractivity contribution in [2.45, 2.75) is 0 Å². The van der Waals surface area contributed by atoms with Crippen molar-refractivity contribution in [3.05, 3.63) is 0 Å². The molecule has 0 aliphatic carbocycles. The molecule has 0 amide bonds. The van der Waals surface area contributed by atoms with Gasteiger partial charge in [0.05, 0.1) is 0 Å². The average molecular weight is 403 g/mol. The van der Waals surface area contributed by atoms with E-state index in [1.807, 2.05) is 0 Å². The van der Waals surface area contributed by atoms with Gasteiger partial charge < -0.3 is 0 Å². The Bertz CT molecular complexity index is 4.00. The molecule has 0 fully saturated rings. The van der Waals surface area contributed by atoms with Crippen molar-refractivity contribution in [2.24, 2.45) is 0 Å². The molecule has 0 aliphatic heterocycles. The maximum absolute atomic E-state index is 2.43. The summed E-state index contributed by atoms with van der Waals surface area (Å²) in [7, 11) is 0.252. The third-order valence-corrected chi connectivity index (χ3v) is 0. The summed E-state index contributed by atoms with van der Waals surface area (Å²) < 4.78 is 0. The Morgan fingerprint density at radius 1 is 1.25 bits per heavy atom. The van der Waals surface area contributed by atoms with Gasteiger partial charge in [-0.1, -0.05) is 0 Å². The molecule has 26 valence electrons. The first-order valence-corrected chi connectivity index (χ1v) is 15.2. The summed E-state index contributed by atoms with van der Waals surface area (Å²) in [5.41, 5.74) is 0. The van der Waals surface area contributed by atoms with Crippen LogP contribution in [-0.4, -0.2) is 26.4 Å².